The first-order chi connectivity index (χ1) is 14.8. The highest BCUT2D eigenvalue weighted by Crippen LogP contribution is 2.45. The van der Waals surface area contributed by atoms with Gasteiger partial charge in [0, 0.05) is 16.1 Å². The summed E-state index contributed by atoms with van der Waals surface area (Å²) in [6, 6.07) is 12.5. The van der Waals surface area contributed by atoms with Crippen molar-refractivity contribution in [1.82, 2.24) is 0 Å². The molecule has 158 valence electrons. The number of methoxy groups -OCH3 is 1. The van der Waals surface area contributed by atoms with Gasteiger partial charge >= 0.3 is 0 Å². The number of aryl methyl sites for hydroxylation is 1. The van der Waals surface area contributed by atoms with Crippen LogP contribution in [-0.4, -0.2) is 23.9 Å². The average molecular weight is 474 g/mol. The van der Waals surface area contributed by atoms with Gasteiger partial charge < -0.3 is 9.84 Å². The number of carbonyl (C=O) groups excluding carboxylic acids is 2. The van der Waals surface area contributed by atoms with E-state index in [1.807, 2.05) is 18.4 Å². The molecule has 4 rings (SSSR count). The lowest BCUT2D eigenvalue weighted by Gasteiger charge is -2.25. The van der Waals surface area contributed by atoms with Crippen molar-refractivity contribution in [1.29, 1.82) is 0 Å². The van der Waals surface area contributed by atoms with Crippen LogP contribution in [0.3, 0.4) is 0 Å². The molecular weight excluding hydrogens is 457 g/mol. The summed E-state index contributed by atoms with van der Waals surface area (Å²) in [4.78, 5) is 28.4. The van der Waals surface area contributed by atoms with Gasteiger partial charge in [0.2, 0.25) is 0 Å². The monoisotopic (exact) mass is 473 g/mol. The number of hydrogen-bond acceptors (Lipinski definition) is 5. The molecule has 0 spiro atoms. The number of benzene rings is 2. The number of amides is 1. The third-order valence-corrected chi connectivity index (χ3v) is 6.95. The van der Waals surface area contributed by atoms with Crippen LogP contribution >= 0.6 is 34.5 Å². The largest absolute Gasteiger partial charge is 0.507 e. The Kier molecular flexibility index (Phi) is 5.79. The highest BCUT2D eigenvalue weighted by Gasteiger charge is 2.47. The SMILES string of the molecule is COc1ccc(N2C(=O)C(=O)/C(=C(\O)c3ccc(Cl)c(Cl)c3)C2c2sccc2C)cc1. The normalized spacial score (nSPS) is 17.9. The Bertz CT molecular complexity index is 1220. The van der Waals surface area contributed by atoms with E-state index >= 15 is 0 Å². The van der Waals surface area contributed by atoms with Crippen LogP contribution in [0.2, 0.25) is 10.0 Å². The van der Waals surface area contributed by atoms with Gasteiger partial charge in [0.1, 0.15) is 17.6 Å². The number of thiophene rings is 1. The van der Waals surface area contributed by atoms with Gasteiger partial charge in [-0.25, -0.2) is 0 Å². The summed E-state index contributed by atoms with van der Waals surface area (Å²) < 4.78 is 5.20. The van der Waals surface area contributed by atoms with Crippen LogP contribution in [0.25, 0.3) is 5.76 Å². The van der Waals surface area contributed by atoms with E-state index in [2.05, 4.69) is 0 Å². The van der Waals surface area contributed by atoms with Gasteiger partial charge in [-0.15, -0.1) is 11.3 Å². The predicted octanol–water partition coefficient (Wildman–Crippen LogP) is 6.00. The van der Waals surface area contributed by atoms with Crippen molar-refractivity contribution in [2.75, 3.05) is 12.0 Å². The molecule has 8 heteroatoms. The van der Waals surface area contributed by atoms with Crippen LogP contribution < -0.4 is 9.64 Å². The molecule has 1 saturated heterocycles. The van der Waals surface area contributed by atoms with Crippen LogP contribution in [0, 0.1) is 6.92 Å². The van der Waals surface area contributed by atoms with Gasteiger partial charge in [0.05, 0.1) is 22.7 Å². The van der Waals surface area contributed by atoms with E-state index < -0.39 is 17.7 Å². The van der Waals surface area contributed by atoms with Crippen LogP contribution in [0.1, 0.15) is 22.0 Å². The molecule has 31 heavy (non-hydrogen) atoms. The molecule has 1 N–H and O–H groups in total. The number of hydrogen-bond donors (Lipinski definition) is 1. The number of ketones is 1. The molecule has 0 aliphatic carbocycles. The zero-order chi connectivity index (χ0) is 22.3. The zero-order valence-electron chi connectivity index (χ0n) is 16.6. The first-order valence-electron chi connectivity index (χ1n) is 9.28. The quantitative estimate of drug-likeness (QED) is 0.286. The highest BCUT2D eigenvalue weighted by molar-refractivity contribution is 7.10. The van der Waals surface area contributed by atoms with Gasteiger partial charge in [-0.3, -0.25) is 14.5 Å². The van der Waals surface area contributed by atoms with Gasteiger partial charge in [-0.05, 0) is 66.4 Å². The molecule has 1 unspecified atom stereocenters. The number of Topliss-reactive ketones (excluding diaryl/α,β-unsaturated/α-hetero) is 1. The fraction of sp³-hybridized carbons (Fsp3) is 0.130. The van der Waals surface area contributed by atoms with E-state index in [1.165, 1.54) is 28.4 Å². The lowest BCUT2D eigenvalue weighted by Crippen LogP contribution is -2.29. The molecule has 1 aromatic heterocycles. The van der Waals surface area contributed by atoms with E-state index in [4.69, 9.17) is 27.9 Å². The van der Waals surface area contributed by atoms with Crippen LogP contribution in [0.15, 0.2) is 59.5 Å². The van der Waals surface area contributed by atoms with Crippen molar-refractivity contribution in [2.24, 2.45) is 0 Å². The van der Waals surface area contributed by atoms with Crippen molar-refractivity contribution in [3.8, 4) is 5.75 Å². The Morgan fingerprint density at radius 1 is 1.06 bits per heavy atom. The van der Waals surface area contributed by atoms with Crippen LogP contribution in [-0.2, 0) is 9.59 Å². The molecule has 1 atom stereocenters. The standard InChI is InChI=1S/C23H17Cl2NO4S/c1-12-9-10-31-22(12)19-18(20(27)13-3-8-16(24)17(25)11-13)21(28)23(29)26(19)14-4-6-15(30-2)7-5-14/h3-11,19,27H,1-2H3/b20-18-. The molecule has 0 bridgehead atoms. The molecule has 1 amide bonds. The molecule has 2 aromatic carbocycles. The van der Waals surface area contributed by atoms with Gasteiger partial charge in [-0.2, -0.15) is 0 Å². The fourth-order valence-corrected chi connectivity index (χ4v) is 4.88. The summed E-state index contributed by atoms with van der Waals surface area (Å²) >= 11 is 13.5. The minimum atomic E-state index is -0.775. The van der Waals surface area contributed by atoms with E-state index in [1.54, 1.807) is 37.4 Å². The second kappa shape index (κ2) is 8.38. The van der Waals surface area contributed by atoms with Gasteiger partial charge in [-0.1, -0.05) is 23.2 Å². The van der Waals surface area contributed by atoms with Crippen molar-refractivity contribution < 1.29 is 19.4 Å². The number of rotatable bonds is 4. The Morgan fingerprint density at radius 2 is 1.77 bits per heavy atom. The molecule has 1 aliphatic heterocycles. The minimum absolute atomic E-state index is 0.00440. The average Bonchev–Trinajstić information content (AvgIpc) is 3.30. The molecule has 5 nitrogen and oxygen atoms in total. The maximum Gasteiger partial charge on any atom is 0.300 e. The minimum Gasteiger partial charge on any atom is -0.507 e. The number of aliphatic hydroxyl groups is 1. The fourth-order valence-electron chi connectivity index (χ4n) is 3.55. The van der Waals surface area contributed by atoms with E-state index in [0.29, 0.717) is 22.0 Å². The first kappa shape index (κ1) is 21.4. The number of halogens is 2. The number of nitrogens with zero attached hydrogens (tertiary/aromatic N) is 1. The topological polar surface area (TPSA) is 66.8 Å². The van der Waals surface area contributed by atoms with E-state index in [-0.39, 0.29) is 16.4 Å². The van der Waals surface area contributed by atoms with Crippen molar-refractivity contribution in [3.63, 3.8) is 0 Å². The maximum atomic E-state index is 13.1. The summed E-state index contributed by atoms with van der Waals surface area (Å²) in [5.74, 6) is -1.16. The van der Waals surface area contributed by atoms with Gasteiger partial charge in [0.15, 0.2) is 0 Å². The first-order valence-corrected chi connectivity index (χ1v) is 10.9. The van der Waals surface area contributed by atoms with Crippen LogP contribution in [0.4, 0.5) is 5.69 Å². The van der Waals surface area contributed by atoms with Crippen molar-refractivity contribution in [3.05, 3.63) is 85.5 Å². The Morgan fingerprint density at radius 3 is 2.35 bits per heavy atom. The summed E-state index contributed by atoms with van der Waals surface area (Å²) in [5, 5.41) is 13.5. The smallest absolute Gasteiger partial charge is 0.300 e. The summed E-state index contributed by atoms with van der Waals surface area (Å²) in [7, 11) is 1.55. The van der Waals surface area contributed by atoms with E-state index in [0.717, 1.165) is 10.4 Å². The predicted molar refractivity (Wildman–Crippen MR) is 123 cm³/mol. The summed E-state index contributed by atoms with van der Waals surface area (Å²) in [6.07, 6.45) is 0. The second-order valence-electron chi connectivity index (χ2n) is 6.96. The highest BCUT2D eigenvalue weighted by atomic mass is 35.5. The number of aliphatic hydroxyl groups excluding tert-OH is 1. The Hall–Kier alpha value is -2.80. The maximum absolute atomic E-state index is 13.1. The zero-order valence-corrected chi connectivity index (χ0v) is 18.9. The molecule has 2 heterocycles. The molecule has 1 fully saturated rings. The molecular formula is C23H17Cl2NO4S. The number of carbonyl (C=O) groups is 2. The number of anilines is 1. The molecule has 0 saturated carbocycles. The number of ether oxygens (including phenoxy) is 1. The van der Waals surface area contributed by atoms with Gasteiger partial charge in [0.25, 0.3) is 11.7 Å². The lowest BCUT2D eigenvalue weighted by atomic mass is 9.98. The second-order valence-corrected chi connectivity index (χ2v) is 8.73. The Labute approximate surface area is 193 Å². The molecule has 1 aliphatic rings. The molecule has 3 aromatic rings. The summed E-state index contributed by atoms with van der Waals surface area (Å²) in [6.45, 7) is 1.90. The third-order valence-electron chi connectivity index (χ3n) is 5.14. The lowest BCUT2D eigenvalue weighted by molar-refractivity contribution is -0.132. The Balaban J connectivity index is 1.93. The van der Waals surface area contributed by atoms with E-state index in [9.17, 15) is 14.7 Å². The summed E-state index contributed by atoms with van der Waals surface area (Å²) in [5.41, 5.74) is 1.75. The van der Waals surface area contributed by atoms with Crippen LogP contribution in [0.5, 0.6) is 5.75 Å². The van der Waals surface area contributed by atoms with Crippen molar-refractivity contribution >= 4 is 57.7 Å². The molecule has 0 radical (unpaired) electrons. The van der Waals surface area contributed by atoms with Crippen molar-refractivity contribution in [2.45, 2.75) is 13.0 Å². The third kappa shape index (κ3) is 3.71.